The van der Waals surface area contributed by atoms with Crippen LogP contribution in [0, 0.1) is 0 Å². The van der Waals surface area contributed by atoms with Crippen molar-refractivity contribution in [3.05, 3.63) is 0 Å². The molecule has 4 atom stereocenters. The number of epoxide rings is 2. The zero-order valence-corrected chi connectivity index (χ0v) is 17.1. The second-order valence-electron chi connectivity index (χ2n) is 7.63. The van der Waals surface area contributed by atoms with Gasteiger partial charge in [-0.3, -0.25) is 0 Å². The standard InChI is InChI=1S/C21H36O6/c1-4-7-10-12-15-18(24-15)20(22)26-17(14-9-6-3)27-21(23)19-16(25-19)13-11-8-5-2/h15-19H,4-14H2,1-3H3. The molecule has 4 unspecified atom stereocenters. The van der Waals surface area contributed by atoms with Gasteiger partial charge in [-0.15, -0.1) is 0 Å². The SMILES string of the molecule is CCCCCC1OC1C(=O)OC(CCCC)OC(=O)C1OC1CCCCC. The van der Waals surface area contributed by atoms with Gasteiger partial charge in [0, 0.05) is 6.42 Å². The molecule has 0 bridgehead atoms. The minimum absolute atomic E-state index is 0.0405. The Morgan fingerprint density at radius 1 is 0.741 bits per heavy atom. The van der Waals surface area contributed by atoms with Gasteiger partial charge < -0.3 is 18.9 Å². The van der Waals surface area contributed by atoms with Crippen molar-refractivity contribution in [1.29, 1.82) is 0 Å². The largest absolute Gasteiger partial charge is 0.423 e. The van der Waals surface area contributed by atoms with Gasteiger partial charge >= 0.3 is 11.9 Å². The number of esters is 2. The zero-order chi connectivity index (χ0) is 19.6. The first-order valence-electron chi connectivity index (χ1n) is 10.8. The van der Waals surface area contributed by atoms with Gasteiger partial charge in [0.15, 0.2) is 12.2 Å². The summed E-state index contributed by atoms with van der Waals surface area (Å²) in [6.45, 7) is 6.33. The van der Waals surface area contributed by atoms with E-state index in [2.05, 4.69) is 13.8 Å². The van der Waals surface area contributed by atoms with Gasteiger partial charge in [-0.25, -0.2) is 9.59 Å². The molecule has 0 radical (unpaired) electrons. The lowest BCUT2D eigenvalue weighted by atomic mass is 10.1. The molecule has 156 valence electrons. The molecule has 2 heterocycles. The highest BCUT2D eigenvalue weighted by Crippen LogP contribution is 2.31. The fourth-order valence-electron chi connectivity index (χ4n) is 3.24. The van der Waals surface area contributed by atoms with Crippen LogP contribution in [0.25, 0.3) is 0 Å². The Bertz CT molecular complexity index is 428. The summed E-state index contributed by atoms with van der Waals surface area (Å²) in [4.78, 5) is 24.5. The zero-order valence-electron chi connectivity index (χ0n) is 17.1. The van der Waals surface area contributed by atoms with Crippen molar-refractivity contribution in [2.75, 3.05) is 0 Å². The molecule has 6 heteroatoms. The van der Waals surface area contributed by atoms with Crippen molar-refractivity contribution in [1.82, 2.24) is 0 Å². The highest BCUT2D eigenvalue weighted by Gasteiger charge is 2.48. The minimum atomic E-state index is -0.842. The maximum Gasteiger partial charge on any atom is 0.341 e. The van der Waals surface area contributed by atoms with Gasteiger partial charge in [0.05, 0.1) is 12.2 Å². The number of hydrogen-bond acceptors (Lipinski definition) is 6. The lowest BCUT2D eigenvalue weighted by Gasteiger charge is -2.17. The number of unbranched alkanes of at least 4 members (excludes halogenated alkanes) is 5. The van der Waals surface area contributed by atoms with E-state index in [-0.39, 0.29) is 12.2 Å². The average molecular weight is 385 g/mol. The Morgan fingerprint density at radius 2 is 1.19 bits per heavy atom. The number of rotatable bonds is 15. The minimum Gasteiger partial charge on any atom is -0.423 e. The molecule has 0 aliphatic carbocycles. The molecule has 0 aromatic rings. The molecule has 2 aliphatic heterocycles. The Labute approximate surface area is 163 Å². The summed E-state index contributed by atoms with van der Waals surface area (Å²) < 4.78 is 21.7. The first-order valence-corrected chi connectivity index (χ1v) is 10.8. The van der Waals surface area contributed by atoms with Crippen LogP contribution >= 0.6 is 0 Å². The first kappa shape index (κ1) is 22.2. The summed E-state index contributed by atoms with van der Waals surface area (Å²) in [7, 11) is 0. The predicted octanol–water partition coefficient (Wildman–Crippen LogP) is 4.28. The van der Waals surface area contributed by atoms with E-state index in [1.165, 1.54) is 0 Å². The van der Waals surface area contributed by atoms with Crippen molar-refractivity contribution in [3.63, 3.8) is 0 Å². The van der Waals surface area contributed by atoms with Crippen LogP contribution in [0.1, 0.15) is 91.4 Å². The molecule has 6 nitrogen and oxygen atoms in total. The molecule has 2 saturated heterocycles. The third-order valence-electron chi connectivity index (χ3n) is 5.10. The topological polar surface area (TPSA) is 77.7 Å². The van der Waals surface area contributed by atoms with E-state index in [0.717, 1.165) is 64.2 Å². The van der Waals surface area contributed by atoms with E-state index in [9.17, 15) is 9.59 Å². The summed E-state index contributed by atoms with van der Waals surface area (Å²) in [6.07, 6.45) is 8.76. The third-order valence-corrected chi connectivity index (χ3v) is 5.10. The number of ether oxygens (including phenoxy) is 4. The van der Waals surface area contributed by atoms with Crippen LogP contribution in [0.15, 0.2) is 0 Å². The Morgan fingerprint density at radius 3 is 1.59 bits per heavy atom. The second-order valence-corrected chi connectivity index (χ2v) is 7.63. The summed E-state index contributed by atoms with van der Waals surface area (Å²) in [5, 5.41) is 0. The molecule has 2 aliphatic rings. The van der Waals surface area contributed by atoms with E-state index in [4.69, 9.17) is 18.9 Å². The Hall–Kier alpha value is -1.14. The van der Waals surface area contributed by atoms with Gasteiger partial charge in [-0.2, -0.15) is 0 Å². The van der Waals surface area contributed by atoms with Crippen LogP contribution in [0.5, 0.6) is 0 Å². The quantitative estimate of drug-likeness (QED) is 0.181. The van der Waals surface area contributed by atoms with Gasteiger partial charge in [-0.1, -0.05) is 65.7 Å². The molecular weight excluding hydrogens is 348 g/mol. The van der Waals surface area contributed by atoms with E-state index < -0.39 is 30.4 Å². The lowest BCUT2D eigenvalue weighted by Crippen LogP contribution is -2.29. The fraction of sp³-hybridized carbons (Fsp3) is 0.905. The van der Waals surface area contributed by atoms with E-state index in [1.54, 1.807) is 0 Å². The molecular formula is C21H36O6. The number of hydrogen-bond donors (Lipinski definition) is 0. The highest BCUT2D eigenvalue weighted by molar-refractivity contribution is 5.79. The predicted molar refractivity (Wildman–Crippen MR) is 101 cm³/mol. The maximum atomic E-state index is 12.3. The molecule has 0 saturated carbocycles. The monoisotopic (exact) mass is 384 g/mol. The molecule has 2 fully saturated rings. The van der Waals surface area contributed by atoms with Crippen LogP contribution in [0.3, 0.4) is 0 Å². The summed E-state index contributed by atoms with van der Waals surface area (Å²) >= 11 is 0. The first-order chi connectivity index (χ1) is 13.1. The van der Waals surface area contributed by atoms with E-state index in [0.29, 0.717) is 6.42 Å². The van der Waals surface area contributed by atoms with Gasteiger partial charge in [0.25, 0.3) is 0 Å². The fourth-order valence-corrected chi connectivity index (χ4v) is 3.24. The van der Waals surface area contributed by atoms with Gasteiger partial charge in [0.2, 0.25) is 6.29 Å². The summed E-state index contributed by atoms with van der Waals surface area (Å²) in [5.41, 5.74) is 0. The summed E-state index contributed by atoms with van der Waals surface area (Å²) in [6, 6.07) is 0. The van der Waals surface area contributed by atoms with Gasteiger partial charge in [0.1, 0.15) is 0 Å². The molecule has 0 amide bonds. The number of carbonyl (C=O) groups excluding carboxylic acids is 2. The molecule has 0 aromatic heterocycles. The van der Waals surface area contributed by atoms with Crippen molar-refractivity contribution < 1.29 is 28.5 Å². The van der Waals surface area contributed by atoms with Crippen LogP contribution in [-0.2, 0) is 28.5 Å². The average Bonchev–Trinajstić information content (AvgIpc) is 3.55. The Kier molecular flexibility index (Phi) is 9.56. The third kappa shape index (κ3) is 7.78. The molecule has 0 spiro atoms. The van der Waals surface area contributed by atoms with E-state index >= 15 is 0 Å². The molecule has 0 aromatic carbocycles. The van der Waals surface area contributed by atoms with Crippen molar-refractivity contribution in [3.8, 4) is 0 Å². The van der Waals surface area contributed by atoms with Gasteiger partial charge in [-0.05, 0) is 19.3 Å². The smallest absolute Gasteiger partial charge is 0.341 e. The molecule has 0 N–H and O–H groups in total. The van der Waals surface area contributed by atoms with Crippen LogP contribution in [-0.4, -0.2) is 42.6 Å². The lowest BCUT2D eigenvalue weighted by molar-refractivity contribution is -0.190. The van der Waals surface area contributed by atoms with Crippen LogP contribution in [0.2, 0.25) is 0 Å². The van der Waals surface area contributed by atoms with Crippen molar-refractivity contribution in [2.45, 2.75) is 122 Å². The molecule has 27 heavy (non-hydrogen) atoms. The normalized spacial score (nSPS) is 27.1. The van der Waals surface area contributed by atoms with Crippen molar-refractivity contribution in [2.24, 2.45) is 0 Å². The summed E-state index contributed by atoms with van der Waals surface area (Å²) in [5.74, 6) is -0.830. The van der Waals surface area contributed by atoms with Crippen LogP contribution in [0.4, 0.5) is 0 Å². The number of carbonyl (C=O) groups is 2. The maximum absolute atomic E-state index is 12.3. The molecule has 2 rings (SSSR count). The van der Waals surface area contributed by atoms with Crippen LogP contribution < -0.4 is 0 Å². The van der Waals surface area contributed by atoms with E-state index in [1.807, 2.05) is 6.92 Å². The van der Waals surface area contributed by atoms with Crippen molar-refractivity contribution >= 4 is 11.9 Å². The Balaban J connectivity index is 1.71. The second kappa shape index (κ2) is 11.6. The highest BCUT2D eigenvalue weighted by atomic mass is 16.7.